The molecule has 0 aliphatic heterocycles. The van der Waals surface area contributed by atoms with Crippen LogP contribution in [0.25, 0.3) is 0 Å². The molecule has 0 aliphatic carbocycles. The molecule has 0 N–H and O–H groups in total. The zero-order valence-electron chi connectivity index (χ0n) is 11.8. The molecule has 1 amide bonds. The van der Waals surface area contributed by atoms with Crippen molar-refractivity contribution in [3.63, 3.8) is 0 Å². The highest BCUT2D eigenvalue weighted by Crippen LogP contribution is 2.21. The van der Waals surface area contributed by atoms with E-state index in [0.717, 1.165) is 31.5 Å². The summed E-state index contributed by atoms with van der Waals surface area (Å²) in [4.78, 5) is 14.4. The van der Waals surface area contributed by atoms with Crippen molar-refractivity contribution in [2.45, 2.75) is 33.6 Å². The van der Waals surface area contributed by atoms with Crippen molar-refractivity contribution in [2.24, 2.45) is 0 Å². The molecule has 18 heavy (non-hydrogen) atoms. The van der Waals surface area contributed by atoms with E-state index >= 15 is 0 Å². The maximum Gasteiger partial charge on any atom is 0.257 e. The third kappa shape index (κ3) is 3.49. The molecular weight excluding hydrogens is 226 g/mol. The molecule has 0 atom stereocenters. The van der Waals surface area contributed by atoms with E-state index in [1.54, 1.807) is 7.11 Å². The molecule has 0 unspecified atom stereocenters. The molecule has 1 aromatic rings. The number of amides is 1. The van der Waals surface area contributed by atoms with Gasteiger partial charge in [-0.3, -0.25) is 4.79 Å². The number of hydrogen-bond acceptors (Lipinski definition) is 2. The Hall–Kier alpha value is -1.51. The van der Waals surface area contributed by atoms with Gasteiger partial charge in [-0.1, -0.05) is 25.5 Å². The van der Waals surface area contributed by atoms with Crippen LogP contribution in [0.2, 0.25) is 0 Å². The number of carbonyl (C=O) groups excluding carboxylic acids is 1. The molecule has 0 saturated carbocycles. The van der Waals surface area contributed by atoms with Gasteiger partial charge in [-0.25, -0.2) is 0 Å². The van der Waals surface area contributed by atoms with Gasteiger partial charge in [-0.2, -0.15) is 0 Å². The highest BCUT2D eigenvalue weighted by molar-refractivity contribution is 5.97. The summed E-state index contributed by atoms with van der Waals surface area (Å²) in [5.74, 6) is 0.724. The molecule has 0 radical (unpaired) electrons. The Morgan fingerprint density at radius 2 is 1.83 bits per heavy atom. The Bertz CT molecular complexity index is 395. The monoisotopic (exact) mass is 249 g/mol. The minimum absolute atomic E-state index is 0.0688. The van der Waals surface area contributed by atoms with E-state index in [2.05, 4.69) is 13.8 Å². The second-order valence-electron chi connectivity index (χ2n) is 4.50. The molecule has 3 nitrogen and oxygen atoms in total. The van der Waals surface area contributed by atoms with Gasteiger partial charge in [0.15, 0.2) is 0 Å². The van der Waals surface area contributed by atoms with Crippen molar-refractivity contribution in [1.29, 1.82) is 0 Å². The summed E-state index contributed by atoms with van der Waals surface area (Å²) in [6.45, 7) is 7.75. The van der Waals surface area contributed by atoms with Crippen LogP contribution >= 0.6 is 0 Å². The van der Waals surface area contributed by atoms with Gasteiger partial charge in [0.05, 0.1) is 12.7 Å². The molecule has 0 spiro atoms. The van der Waals surface area contributed by atoms with E-state index in [4.69, 9.17) is 4.74 Å². The SMILES string of the molecule is CCCN(CCC)C(=O)c1cc(C)ccc1OC. The Morgan fingerprint density at radius 1 is 1.22 bits per heavy atom. The Morgan fingerprint density at radius 3 is 2.33 bits per heavy atom. The summed E-state index contributed by atoms with van der Waals surface area (Å²) in [6.07, 6.45) is 1.94. The van der Waals surface area contributed by atoms with Gasteiger partial charge in [0.2, 0.25) is 0 Å². The molecule has 3 heteroatoms. The van der Waals surface area contributed by atoms with Crippen molar-refractivity contribution in [3.05, 3.63) is 29.3 Å². The molecule has 0 aromatic heterocycles. The number of rotatable bonds is 6. The second-order valence-corrected chi connectivity index (χ2v) is 4.50. The normalized spacial score (nSPS) is 10.2. The number of ether oxygens (including phenoxy) is 1. The molecular formula is C15H23NO2. The van der Waals surface area contributed by atoms with E-state index in [0.29, 0.717) is 11.3 Å². The minimum atomic E-state index is 0.0688. The minimum Gasteiger partial charge on any atom is -0.496 e. The predicted molar refractivity (Wildman–Crippen MR) is 74.2 cm³/mol. The molecule has 0 bridgehead atoms. The Balaban J connectivity index is 3.02. The number of methoxy groups -OCH3 is 1. The van der Waals surface area contributed by atoms with Gasteiger partial charge >= 0.3 is 0 Å². The van der Waals surface area contributed by atoms with Gasteiger partial charge in [-0.05, 0) is 31.9 Å². The van der Waals surface area contributed by atoms with Crippen LogP contribution in [-0.2, 0) is 0 Å². The van der Waals surface area contributed by atoms with E-state index in [-0.39, 0.29) is 5.91 Å². The third-order valence-corrected chi connectivity index (χ3v) is 2.86. The van der Waals surface area contributed by atoms with E-state index in [1.807, 2.05) is 30.0 Å². The quantitative estimate of drug-likeness (QED) is 0.774. The summed E-state index contributed by atoms with van der Waals surface area (Å²) in [6, 6.07) is 5.72. The van der Waals surface area contributed by atoms with Crippen molar-refractivity contribution < 1.29 is 9.53 Å². The van der Waals surface area contributed by atoms with Crippen LogP contribution in [0.1, 0.15) is 42.6 Å². The largest absolute Gasteiger partial charge is 0.496 e. The zero-order valence-corrected chi connectivity index (χ0v) is 11.8. The summed E-state index contributed by atoms with van der Waals surface area (Å²) >= 11 is 0. The molecule has 0 fully saturated rings. The molecule has 0 heterocycles. The van der Waals surface area contributed by atoms with Crippen LogP contribution < -0.4 is 4.74 Å². The molecule has 100 valence electrons. The smallest absolute Gasteiger partial charge is 0.257 e. The van der Waals surface area contributed by atoms with Crippen LogP contribution in [0.4, 0.5) is 0 Å². The highest BCUT2D eigenvalue weighted by atomic mass is 16.5. The highest BCUT2D eigenvalue weighted by Gasteiger charge is 2.18. The van der Waals surface area contributed by atoms with Crippen LogP contribution in [0.3, 0.4) is 0 Å². The first-order valence-electron chi connectivity index (χ1n) is 6.57. The molecule has 0 saturated heterocycles. The standard InChI is InChI=1S/C15H23NO2/c1-5-9-16(10-6-2)15(17)13-11-12(3)7-8-14(13)18-4/h7-8,11H,5-6,9-10H2,1-4H3. The topological polar surface area (TPSA) is 29.5 Å². The van der Waals surface area contributed by atoms with E-state index in [9.17, 15) is 4.79 Å². The number of nitrogens with zero attached hydrogens (tertiary/aromatic N) is 1. The third-order valence-electron chi connectivity index (χ3n) is 2.86. The van der Waals surface area contributed by atoms with Crippen LogP contribution in [-0.4, -0.2) is 31.0 Å². The molecule has 0 aliphatic rings. The van der Waals surface area contributed by atoms with Gasteiger partial charge in [0.1, 0.15) is 5.75 Å². The first-order chi connectivity index (χ1) is 8.63. The lowest BCUT2D eigenvalue weighted by molar-refractivity contribution is 0.0752. The number of benzene rings is 1. The fourth-order valence-corrected chi connectivity index (χ4v) is 2.01. The number of hydrogen-bond donors (Lipinski definition) is 0. The van der Waals surface area contributed by atoms with Crippen LogP contribution in [0.15, 0.2) is 18.2 Å². The van der Waals surface area contributed by atoms with Gasteiger partial charge < -0.3 is 9.64 Å². The summed E-state index contributed by atoms with van der Waals surface area (Å²) < 4.78 is 5.28. The Labute approximate surface area is 110 Å². The summed E-state index contributed by atoms with van der Waals surface area (Å²) in [5, 5.41) is 0. The first kappa shape index (κ1) is 14.6. The molecule has 1 rings (SSSR count). The van der Waals surface area contributed by atoms with E-state index in [1.165, 1.54) is 0 Å². The lowest BCUT2D eigenvalue weighted by Gasteiger charge is -2.22. The van der Waals surface area contributed by atoms with Crippen LogP contribution in [0.5, 0.6) is 5.75 Å². The summed E-state index contributed by atoms with van der Waals surface area (Å²) in [5.41, 5.74) is 1.74. The van der Waals surface area contributed by atoms with Gasteiger partial charge in [-0.15, -0.1) is 0 Å². The maximum absolute atomic E-state index is 12.5. The Kier molecular flexibility index (Phi) is 5.69. The summed E-state index contributed by atoms with van der Waals surface area (Å²) in [7, 11) is 1.60. The van der Waals surface area contributed by atoms with Crippen molar-refractivity contribution in [1.82, 2.24) is 4.90 Å². The molecule has 1 aromatic carbocycles. The zero-order chi connectivity index (χ0) is 13.5. The van der Waals surface area contributed by atoms with Crippen molar-refractivity contribution in [2.75, 3.05) is 20.2 Å². The fraction of sp³-hybridized carbons (Fsp3) is 0.533. The van der Waals surface area contributed by atoms with Crippen LogP contribution in [0, 0.1) is 6.92 Å². The van der Waals surface area contributed by atoms with Gasteiger partial charge in [0, 0.05) is 13.1 Å². The number of aryl methyl sites for hydroxylation is 1. The van der Waals surface area contributed by atoms with Crippen molar-refractivity contribution >= 4 is 5.91 Å². The average molecular weight is 249 g/mol. The van der Waals surface area contributed by atoms with Gasteiger partial charge in [0.25, 0.3) is 5.91 Å². The predicted octanol–water partition coefficient (Wildman–Crippen LogP) is 3.27. The fourth-order valence-electron chi connectivity index (χ4n) is 2.01. The maximum atomic E-state index is 12.5. The number of carbonyl (C=O) groups is 1. The van der Waals surface area contributed by atoms with E-state index < -0.39 is 0 Å². The lowest BCUT2D eigenvalue weighted by atomic mass is 10.1. The second kappa shape index (κ2) is 7.04. The van der Waals surface area contributed by atoms with Crippen molar-refractivity contribution in [3.8, 4) is 5.75 Å². The average Bonchev–Trinajstić information content (AvgIpc) is 2.37. The first-order valence-corrected chi connectivity index (χ1v) is 6.57. The lowest BCUT2D eigenvalue weighted by Crippen LogP contribution is -2.32.